The highest BCUT2D eigenvalue weighted by Crippen LogP contribution is 2.21. The number of anilines is 2. The highest BCUT2D eigenvalue weighted by Gasteiger charge is 2.13. The number of benzene rings is 2. The Hall–Kier alpha value is -2.37. The molecule has 0 unspecified atom stereocenters. The summed E-state index contributed by atoms with van der Waals surface area (Å²) in [4.78, 5) is 0. The quantitative estimate of drug-likeness (QED) is 0.551. The van der Waals surface area contributed by atoms with Crippen LogP contribution in [-0.4, -0.2) is 14.9 Å². The van der Waals surface area contributed by atoms with Gasteiger partial charge >= 0.3 is 0 Å². The van der Waals surface area contributed by atoms with Crippen LogP contribution in [0.25, 0.3) is 0 Å². The fraction of sp³-hybridized carbons (Fsp3) is 0.238. The Morgan fingerprint density at radius 3 is 2.26 bits per heavy atom. The number of aromatic nitrogens is 2. The lowest BCUT2D eigenvalue weighted by atomic mass is 10.1. The lowest BCUT2D eigenvalue weighted by Gasteiger charge is -2.12. The molecule has 0 saturated carbocycles. The molecule has 0 radical (unpaired) electrons. The molecule has 0 aliphatic heterocycles. The lowest BCUT2D eigenvalue weighted by molar-refractivity contribution is 0.659. The highest BCUT2D eigenvalue weighted by atomic mass is 35.5. The molecule has 0 atom stereocenters. The Morgan fingerprint density at radius 1 is 1.00 bits per heavy atom. The summed E-state index contributed by atoms with van der Waals surface area (Å²) in [6.45, 7) is 6.84. The van der Waals surface area contributed by atoms with Crippen LogP contribution in [0.3, 0.4) is 0 Å². The van der Waals surface area contributed by atoms with Crippen LogP contribution >= 0.6 is 23.8 Å². The zero-order valence-electron chi connectivity index (χ0n) is 15.7. The summed E-state index contributed by atoms with van der Waals surface area (Å²) in [5.41, 5.74) is 6.29. The Morgan fingerprint density at radius 2 is 1.63 bits per heavy atom. The molecular weight excluding hydrogens is 376 g/mol. The molecule has 0 saturated heterocycles. The third-order valence-electron chi connectivity index (χ3n) is 4.49. The van der Waals surface area contributed by atoms with Crippen molar-refractivity contribution in [2.24, 2.45) is 0 Å². The lowest BCUT2D eigenvalue weighted by Crippen LogP contribution is -2.20. The van der Waals surface area contributed by atoms with E-state index in [4.69, 9.17) is 23.8 Å². The van der Waals surface area contributed by atoms with Crippen LogP contribution in [0.4, 0.5) is 11.4 Å². The SMILES string of the molecule is CCc1ccc(NC(=S)Nc2c(C)nn(Cc3ccc(Cl)cc3)c2C)cc1. The predicted octanol–water partition coefficient (Wildman–Crippen LogP) is 5.57. The van der Waals surface area contributed by atoms with Gasteiger partial charge < -0.3 is 10.6 Å². The van der Waals surface area contributed by atoms with Gasteiger partial charge in [0.1, 0.15) is 0 Å². The molecule has 0 aliphatic carbocycles. The number of halogens is 1. The van der Waals surface area contributed by atoms with Gasteiger partial charge in [-0.3, -0.25) is 4.68 Å². The van der Waals surface area contributed by atoms with Gasteiger partial charge in [0.25, 0.3) is 0 Å². The van der Waals surface area contributed by atoms with Crippen molar-refractivity contribution in [1.82, 2.24) is 9.78 Å². The molecule has 0 aliphatic rings. The van der Waals surface area contributed by atoms with Gasteiger partial charge in [0.2, 0.25) is 0 Å². The summed E-state index contributed by atoms with van der Waals surface area (Å²) in [7, 11) is 0. The topological polar surface area (TPSA) is 41.9 Å². The second-order valence-electron chi connectivity index (χ2n) is 6.46. The van der Waals surface area contributed by atoms with E-state index in [9.17, 15) is 0 Å². The molecule has 3 rings (SSSR count). The number of hydrogen-bond acceptors (Lipinski definition) is 2. The van der Waals surface area contributed by atoms with E-state index in [1.807, 2.05) is 54.9 Å². The fourth-order valence-corrected chi connectivity index (χ4v) is 3.24. The smallest absolute Gasteiger partial charge is 0.175 e. The van der Waals surface area contributed by atoms with Gasteiger partial charge in [-0.2, -0.15) is 5.10 Å². The number of hydrogen-bond donors (Lipinski definition) is 2. The van der Waals surface area contributed by atoms with Crippen LogP contribution in [0.15, 0.2) is 48.5 Å². The first-order valence-electron chi connectivity index (χ1n) is 8.91. The van der Waals surface area contributed by atoms with Crippen molar-refractivity contribution >= 4 is 40.3 Å². The maximum absolute atomic E-state index is 5.96. The van der Waals surface area contributed by atoms with Crippen molar-refractivity contribution in [3.63, 3.8) is 0 Å². The third kappa shape index (κ3) is 4.87. The summed E-state index contributed by atoms with van der Waals surface area (Å²) in [6.07, 6.45) is 1.02. The van der Waals surface area contributed by atoms with E-state index in [2.05, 4.69) is 34.8 Å². The van der Waals surface area contributed by atoms with Crippen molar-refractivity contribution in [3.05, 3.63) is 76.1 Å². The minimum absolute atomic E-state index is 0.552. The van der Waals surface area contributed by atoms with E-state index < -0.39 is 0 Å². The average molecular weight is 399 g/mol. The van der Waals surface area contributed by atoms with Crippen LogP contribution < -0.4 is 10.6 Å². The number of aryl methyl sites for hydroxylation is 2. The number of rotatable bonds is 5. The van der Waals surface area contributed by atoms with Crippen LogP contribution in [0.5, 0.6) is 0 Å². The third-order valence-corrected chi connectivity index (χ3v) is 4.94. The summed E-state index contributed by atoms with van der Waals surface area (Å²) < 4.78 is 1.97. The predicted molar refractivity (Wildman–Crippen MR) is 118 cm³/mol. The van der Waals surface area contributed by atoms with Crippen molar-refractivity contribution in [2.45, 2.75) is 33.7 Å². The number of thiocarbonyl (C=S) groups is 1. The molecule has 3 aromatic rings. The summed E-state index contributed by atoms with van der Waals surface area (Å²) in [5, 5.41) is 12.4. The minimum atomic E-state index is 0.552. The monoisotopic (exact) mass is 398 g/mol. The maximum atomic E-state index is 5.96. The average Bonchev–Trinajstić information content (AvgIpc) is 2.91. The minimum Gasteiger partial charge on any atom is -0.332 e. The molecule has 1 aromatic heterocycles. The zero-order chi connectivity index (χ0) is 19.4. The molecule has 0 amide bonds. The summed E-state index contributed by atoms with van der Waals surface area (Å²) >= 11 is 11.4. The van der Waals surface area contributed by atoms with E-state index in [0.29, 0.717) is 11.7 Å². The molecule has 0 fully saturated rings. The number of nitrogens with zero attached hydrogens (tertiary/aromatic N) is 2. The van der Waals surface area contributed by atoms with Crippen molar-refractivity contribution in [1.29, 1.82) is 0 Å². The first-order chi connectivity index (χ1) is 13.0. The molecule has 6 heteroatoms. The van der Waals surface area contributed by atoms with Crippen LogP contribution in [0.2, 0.25) is 5.02 Å². The van der Waals surface area contributed by atoms with Gasteiger partial charge in [0, 0.05) is 10.7 Å². The second-order valence-corrected chi connectivity index (χ2v) is 7.30. The molecule has 0 spiro atoms. The first-order valence-corrected chi connectivity index (χ1v) is 9.70. The molecular formula is C21H23ClN4S. The van der Waals surface area contributed by atoms with E-state index in [1.165, 1.54) is 5.56 Å². The standard InChI is InChI=1S/C21H23ClN4S/c1-4-16-7-11-19(12-8-16)23-21(27)24-20-14(2)25-26(15(20)3)13-17-5-9-18(22)10-6-17/h5-12H,4,13H2,1-3H3,(H2,23,24,27). The molecule has 2 N–H and O–H groups in total. The van der Waals surface area contributed by atoms with E-state index >= 15 is 0 Å². The van der Waals surface area contributed by atoms with Gasteiger partial charge in [0.15, 0.2) is 5.11 Å². The molecule has 1 heterocycles. The van der Waals surface area contributed by atoms with Gasteiger partial charge in [-0.05, 0) is 67.9 Å². The van der Waals surface area contributed by atoms with E-state index in [-0.39, 0.29) is 0 Å². The fourth-order valence-electron chi connectivity index (χ4n) is 2.89. The Kier molecular flexibility index (Phi) is 6.14. The molecule has 2 aromatic carbocycles. The zero-order valence-corrected chi connectivity index (χ0v) is 17.3. The van der Waals surface area contributed by atoms with E-state index in [0.717, 1.165) is 39.8 Å². The highest BCUT2D eigenvalue weighted by molar-refractivity contribution is 7.80. The number of nitrogens with one attached hydrogen (secondary N) is 2. The normalized spacial score (nSPS) is 10.7. The summed E-state index contributed by atoms with van der Waals surface area (Å²) in [5.74, 6) is 0. The van der Waals surface area contributed by atoms with Crippen molar-refractivity contribution < 1.29 is 0 Å². The molecule has 0 bridgehead atoms. The molecule has 27 heavy (non-hydrogen) atoms. The maximum Gasteiger partial charge on any atom is 0.175 e. The first kappa shape index (κ1) is 19.4. The Bertz CT molecular complexity index is 930. The molecule has 4 nitrogen and oxygen atoms in total. The van der Waals surface area contributed by atoms with E-state index in [1.54, 1.807) is 0 Å². The second kappa shape index (κ2) is 8.55. The van der Waals surface area contributed by atoms with Crippen LogP contribution in [0.1, 0.15) is 29.4 Å². The van der Waals surface area contributed by atoms with Gasteiger partial charge in [-0.25, -0.2) is 0 Å². The summed E-state index contributed by atoms with van der Waals surface area (Å²) in [6, 6.07) is 16.1. The largest absolute Gasteiger partial charge is 0.332 e. The van der Waals surface area contributed by atoms with Crippen molar-refractivity contribution in [3.8, 4) is 0 Å². The van der Waals surface area contributed by atoms with Gasteiger partial charge in [-0.15, -0.1) is 0 Å². The Balaban J connectivity index is 1.69. The van der Waals surface area contributed by atoms with Crippen LogP contribution in [-0.2, 0) is 13.0 Å². The molecule has 140 valence electrons. The van der Waals surface area contributed by atoms with Gasteiger partial charge in [0.05, 0.1) is 23.6 Å². The van der Waals surface area contributed by atoms with Crippen molar-refractivity contribution in [2.75, 3.05) is 10.6 Å². The Labute approximate surface area is 170 Å². The van der Waals surface area contributed by atoms with Gasteiger partial charge in [-0.1, -0.05) is 42.8 Å². The van der Waals surface area contributed by atoms with Crippen LogP contribution in [0, 0.1) is 13.8 Å².